The van der Waals surface area contributed by atoms with Gasteiger partial charge in [0.1, 0.15) is 5.52 Å². The van der Waals surface area contributed by atoms with Crippen molar-refractivity contribution in [1.82, 2.24) is 9.88 Å². The second-order valence-corrected chi connectivity index (χ2v) is 5.65. The van der Waals surface area contributed by atoms with Gasteiger partial charge in [0.05, 0.1) is 18.3 Å². The third-order valence-electron chi connectivity index (χ3n) is 3.82. The highest BCUT2D eigenvalue weighted by molar-refractivity contribution is 6.03. The summed E-state index contributed by atoms with van der Waals surface area (Å²) >= 11 is 0. The number of hydrogen-bond donors (Lipinski definition) is 1. The van der Waals surface area contributed by atoms with Crippen LogP contribution in [-0.4, -0.2) is 62.2 Å². The summed E-state index contributed by atoms with van der Waals surface area (Å²) in [5.74, 6) is -0.509. The van der Waals surface area contributed by atoms with Gasteiger partial charge in [0.25, 0.3) is 11.9 Å². The monoisotopic (exact) mass is 304 g/mol. The van der Waals surface area contributed by atoms with Crippen LogP contribution in [0, 0.1) is 0 Å². The molecule has 118 valence electrons. The van der Waals surface area contributed by atoms with Gasteiger partial charge in [-0.15, -0.1) is 0 Å². The predicted molar refractivity (Wildman–Crippen MR) is 83.0 cm³/mol. The molecule has 7 heteroatoms. The van der Waals surface area contributed by atoms with E-state index in [2.05, 4.69) is 16.9 Å². The molecule has 2 N–H and O–H groups in total. The normalized spacial score (nSPS) is 19.5. The molecule has 0 aliphatic carbocycles. The van der Waals surface area contributed by atoms with E-state index in [0.717, 1.165) is 19.7 Å². The number of amides is 1. The van der Waals surface area contributed by atoms with Crippen LogP contribution in [0.25, 0.3) is 11.1 Å². The number of nitrogens with two attached hydrogens (primary N) is 1. The molecule has 0 spiro atoms. The summed E-state index contributed by atoms with van der Waals surface area (Å²) in [5, 5.41) is 0. The maximum absolute atomic E-state index is 11.4. The number of para-hydroxylation sites is 1. The zero-order chi connectivity index (χ0) is 15.7. The Balaban J connectivity index is 1.80. The predicted octanol–water partition coefficient (Wildman–Crippen LogP) is 0.694. The number of likely N-dealkylation sites (N-methyl/N-ethyl adjacent to an activating group) is 2. The van der Waals surface area contributed by atoms with Gasteiger partial charge in [-0.2, -0.15) is 4.98 Å². The number of hydrogen-bond acceptors (Lipinski definition) is 6. The molecule has 1 unspecified atom stereocenters. The Labute approximate surface area is 128 Å². The van der Waals surface area contributed by atoms with Crippen molar-refractivity contribution >= 4 is 23.0 Å². The van der Waals surface area contributed by atoms with Gasteiger partial charge in [0, 0.05) is 26.7 Å². The van der Waals surface area contributed by atoms with Crippen LogP contribution in [0.5, 0.6) is 0 Å². The number of nitrogens with zero attached hydrogens (tertiary/aromatic N) is 3. The Morgan fingerprint density at radius 2 is 2.36 bits per heavy atom. The van der Waals surface area contributed by atoms with E-state index in [4.69, 9.17) is 14.9 Å². The summed E-state index contributed by atoms with van der Waals surface area (Å²) in [7, 11) is 3.97. The number of fused-ring (bicyclic) bond motifs is 1. The lowest BCUT2D eigenvalue weighted by Crippen LogP contribution is -2.45. The van der Waals surface area contributed by atoms with Crippen molar-refractivity contribution in [2.24, 2.45) is 5.73 Å². The Morgan fingerprint density at radius 3 is 3.09 bits per heavy atom. The van der Waals surface area contributed by atoms with Gasteiger partial charge in [0.15, 0.2) is 5.58 Å². The lowest BCUT2D eigenvalue weighted by atomic mass is 10.2. The number of primary amides is 1. The van der Waals surface area contributed by atoms with Crippen molar-refractivity contribution < 1.29 is 13.9 Å². The summed E-state index contributed by atoms with van der Waals surface area (Å²) in [4.78, 5) is 20.0. The zero-order valence-corrected chi connectivity index (χ0v) is 12.8. The van der Waals surface area contributed by atoms with Crippen molar-refractivity contribution in [3.8, 4) is 0 Å². The Morgan fingerprint density at radius 1 is 1.55 bits per heavy atom. The van der Waals surface area contributed by atoms with Crippen LogP contribution in [0.4, 0.5) is 6.01 Å². The number of ether oxygens (including phenoxy) is 1. The molecule has 1 aliphatic rings. The smallest absolute Gasteiger partial charge is 0.298 e. The van der Waals surface area contributed by atoms with E-state index in [1.165, 1.54) is 0 Å². The van der Waals surface area contributed by atoms with Crippen molar-refractivity contribution in [3.63, 3.8) is 0 Å². The molecule has 2 aromatic rings. The average molecular weight is 304 g/mol. The highest BCUT2D eigenvalue weighted by atomic mass is 16.5. The molecule has 1 fully saturated rings. The first-order valence-electron chi connectivity index (χ1n) is 7.25. The molecule has 3 rings (SSSR count). The summed E-state index contributed by atoms with van der Waals surface area (Å²) in [6.07, 6.45) is 0.106. The molecular formula is C15H20N4O3. The fraction of sp³-hybridized carbons (Fsp3) is 0.467. The summed E-state index contributed by atoms with van der Waals surface area (Å²) in [6, 6.07) is 5.62. The number of oxazole rings is 1. The van der Waals surface area contributed by atoms with Gasteiger partial charge in [-0.25, -0.2) is 0 Å². The van der Waals surface area contributed by atoms with Crippen molar-refractivity contribution in [3.05, 3.63) is 23.8 Å². The second-order valence-electron chi connectivity index (χ2n) is 5.65. The highest BCUT2D eigenvalue weighted by Crippen LogP contribution is 2.24. The van der Waals surface area contributed by atoms with Crippen LogP contribution in [0.1, 0.15) is 10.4 Å². The topological polar surface area (TPSA) is 84.8 Å². The summed E-state index contributed by atoms with van der Waals surface area (Å²) in [5.41, 5.74) is 6.79. The molecule has 1 amide bonds. The van der Waals surface area contributed by atoms with E-state index in [-0.39, 0.29) is 6.10 Å². The van der Waals surface area contributed by atoms with Crippen LogP contribution < -0.4 is 10.6 Å². The Kier molecular flexibility index (Phi) is 4.00. The minimum Gasteiger partial charge on any atom is -0.423 e. The first-order valence-corrected chi connectivity index (χ1v) is 7.25. The maximum atomic E-state index is 11.4. The molecule has 1 aromatic carbocycles. The average Bonchev–Trinajstić information content (AvgIpc) is 2.91. The first-order chi connectivity index (χ1) is 10.5. The number of morpholine rings is 1. The van der Waals surface area contributed by atoms with Gasteiger partial charge >= 0.3 is 0 Å². The number of rotatable bonds is 4. The second kappa shape index (κ2) is 5.94. The lowest BCUT2D eigenvalue weighted by molar-refractivity contribution is -0.0146. The standard InChI is InChI=1S/C15H20N4O3/c1-18-6-7-21-10(8-18)9-19(2)15-17-13-11(14(16)20)4-3-5-12(13)22-15/h3-5,10H,6-9H2,1-2H3,(H2,16,20). The van der Waals surface area contributed by atoms with Crippen LogP contribution in [-0.2, 0) is 4.74 Å². The molecule has 22 heavy (non-hydrogen) atoms. The third-order valence-corrected chi connectivity index (χ3v) is 3.82. The van der Waals surface area contributed by atoms with E-state index in [1.54, 1.807) is 18.2 Å². The largest absolute Gasteiger partial charge is 0.423 e. The number of anilines is 1. The zero-order valence-electron chi connectivity index (χ0n) is 12.8. The van der Waals surface area contributed by atoms with Gasteiger partial charge in [-0.05, 0) is 19.2 Å². The number of carbonyl (C=O) groups excluding carboxylic acids is 1. The molecular weight excluding hydrogens is 284 g/mol. The van der Waals surface area contributed by atoms with Crippen molar-refractivity contribution in [1.29, 1.82) is 0 Å². The molecule has 0 radical (unpaired) electrons. The van der Waals surface area contributed by atoms with E-state index in [0.29, 0.717) is 29.2 Å². The highest BCUT2D eigenvalue weighted by Gasteiger charge is 2.22. The van der Waals surface area contributed by atoms with Gasteiger partial charge in [0.2, 0.25) is 0 Å². The first kappa shape index (κ1) is 14.8. The molecule has 1 saturated heterocycles. The van der Waals surface area contributed by atoms with E-state index >= 15 is 0 Å². The van der Waals surface area contributed by atoms with E-state index in [9.17, 15) is 4.79 Å². The Hall–Kier alpha value is -2.12. The van der Waals surface area contributed by atoms with Gasteiger partial charge < -0.3 is 24.7 Å². The molecule has 1 aromatic heterocycles. The fourth-order valence-corrected chi connectivity index (χ4v) is 2.66. The molecule has 2 heterocycles. The number of aromatic nitrogens is 1. The minimum absolute atomic E-state index is 0.106. The summed E-state index contributed by atoms with van der Waals surface area (Å²) < 4.78 is 11.5. The molecule has 0 saturated carbocycles. The van der Waals surface area contributed by atoms with E-state index < -0.39 is 5.91 Å². The SMILES string of the molecule is CN1CCOC(CN(C)c2nc3c(C(N)=O)cccc3o2)C1. The van der Waals surface area contributed by atoms with Crippen LogP contribution >= 0.6 is 0 Å². The number of carbonyl (C=O) groups is 1. The fourth-order valence-electron chi connectivity index (χ4n) is 2.66. The van der Waals surface area contributed by atoms with Crippen LogP contribution in [0.2, 0.25) is 0 Å². The Bertz CT molecular complexity index is 684. The minimum atomic E-state index is -0.509. The molecule has 7 nitrogen and oxygen atoms in total. The van der Waals surface area contributed by atoms with Crippen LogP contribution in [0.3, 0.4) is 0 Å². The van der Waals surface area contributed by atoms with Gasteiger partial charge in [-0.3, -0.25) is 4.79 Å². The third kappa shape index (κ3) is 2.90. The molecule has 1 atom stereocenters. The molecule has 0 bridgehead atoms. The van der Waals surface area contributed by atoms with Crippen LogP contribution in [0.15, 0.2) is 22.6 Å². The van der Waals surface area contributed by atoms with Gasteiger partial charge in [-0.1, -0.05) is 6.07 Å². The summed E-state index contributed by atoms with van der Waals surface area (Å²) in [6.45, 7) is 3.22. The number of benzene rings is 1. The van der Waals surface area contributed by atoms with Crippen molar-refractivity contribution in [2.45, 2.75) is 6.10 Å². The maximum Gasteiger partial charge on any atom is 0.298 e. The lowest BCUT2D eigenvalue weighted by Gasteiger charge is -2.32. The quantitative estimate of drug-likeness (QED) is 0.895. The molecule has 1 aliphatic heterocycles. The van der Waals surface area contributed by atoms with E-state index in [1.807, 2.05) is 11.9 Å². The van der Waals surface area contributed by atoms with Crippen molar-refractivity contribution in [2.75, 3.05) is 45.2 Å².